The number of carbonyl (C=O) groups is 2. The number of rotatable bonds is 11. The monoisotopic (exact) mass is 774 g/mol. The number of benzene rings is 2. The minimum absolute atomic E-state index is 0.0785. The molecule has 0 atom stereocenters. The second kappa shape index (κ2) is 16.7. The minimum atomic E-state index is -5.04. The molecule has 0 aliphatic heterocycles. The van der Waals surface area contributed by atoms with Crippen molar-refractivity contribution in [3.05, 3.63) is 57.6 Å². The van der Waals surface area contributed by atoms with Gasteiger partial charge in [0, 0.05) is 40.3 Å². The fourth-order valence-electron chi connectivity index (χ4n) is 3.12. The number of alkyl halides is 6. The molecule has 0 spiro atoms. The van der Waals surface area contributed by atoms with E-state index < -0.39 is 76.0 Å². The first-order chi connectivity index (χ1) is 21.7. The Morgan fingerprint density at radius 2 is 1.10 bits per heavy atom. The lowest BCUT2D eigenvalue weighted by atomic mass is 10.2. The van der Waals surface area contributed by atoms with Gasteiger partial charge in [-0.1, -0.05) is 23.2 Å². The zero-order valence-corrected chi connectivity index (χ0v) is 28.3. The maximum absolute atomic E-state index is 12.4. The molecule has 22 heteroatoms. The molecular formula is C26H26Cl2F6N2O10S2. The molecule has 268 valence electrons. The van der Waals surface area contributed by atoms with E-state index >= 15 is 0 Å². The first-order valence-electron chi connectivity index (χ1n) is 12.5. The molecule has 0 radical (unpaired) electrons. The summed E-state index contributed by atoms with van der Waals surface area (Å²) in [4.78, 5) is 21.1. The highest BCUT2D eigenvalue weighted by molar-refractivity contribution is 7.89. The first kappa shape index (κ1) is 42.5. The molecule has 1 N–H and O–H groups in total. The third-order valence-electron chi connectivity index (χ3n) is 5.19. The van der Waals surface area contributed by atoms with Crippen molar-refractivity contribution in [1.82, 2.24) is 8.61 Å². The van der Waals surface area contributed by atoms with E-state index in [4.69, 9.17) is 28.3 Å². The third-order valence-corrected chi connectivity index (χ3v) is 9.52. The molecule has 0 aliphatic carbocycles. The average Bonchev–Trinajstić information content (AvgIpc) is 2.92. The van der Waals surface area contributed by atoms with Crippen LogP contribution in [-0.4, -0.2) is 90.0 Å². The summed E-state index contributed by atoms with van der Waals surface area (Å²) in [5.41, 5.74) is -0.532. The van der Waals surface area contributed by atoms with Gasteiger partial charge in [-0.3, -0.25) is 0 Å². The van der Waals surface area contributed by atoms with E-state index in [2.05, 4.69) is 14.2 Å². The topological polar surface area (TPSA) is 157 Å². The molecule has 0 unspecified atom stereocenters. The maximum Gasteiger partial charge on any atom is 0.573 e. The molecule has 2 aromatic carbocycles. The lowest BCUT2D eigenvalue weighted by molar-refractivity contribution is -0.275. The molecule has 0 saturated carbocycles. The second-order valence-corrected chi connectivity index (χ2v) is 14.1. The molecule has 0 fully saturated rings. The summed E-state index contributed by atoms with van der Waals surface area (Å²) >= 11 is 11.3. The Balaban J connectivity index is 0.000000482. The number of ether oxygens (including phenoxy) is 3. The molecule has 0 aromatic heterocycles. The van der Waals surface area contributed by atoms with Gasteiger partial charge in [0.05, 0.1) is 26.4 Å². The second-order valence-electron chi connectivity index (χ2n) is 9.07. The molecule has 0 heterocycles. The van der Waals surface area contributed by atoms with Gasteiger partial charge in [0.2, 0.25) is 20.0 Å². The number of sulfonamides is 2. The van der Waals surface area contributed by atoms with Gasteiger partial charge in [0.15, 0.2) is 0 Å². The zero-order valence-electron chi connectivity index (χ0n) is 25.2. The first-order valence-corrected chi connectivity index (χ1v) is 16.2. The van der Waals surface area contributed by atoms with Gasteiger partial charge in [-0.25, -0.2) is 35.0 Å². The Hall–Kier alpha value is -3.56. The van der Waals surface area contributed by atoms with Crippen LogP contribution in [0.4, 0.5) is 26.3 Å². The summed E-state index contributed by atoms with van der Waals surface area (Å²) in [5.74, 6) is -3.84. The number of hydrogen-bond acceptors (Lipinski definition) is 9. The van der Waals surface area contributed by atoms with Crippen molar-refractivity contribution >= 4 is 67.3 Å². The van der Waals surface area contributed by atoms with Gasteiger partial charge >= 0.3 is 24.7 Å². The number of carboxylic acid groups (broad SMARTS) is 1. The Bertz CT molecular complexity index is 1780. The lowest BCUT2D eigenvalue weighted by Gasteiger charge is -2.17. The normalized spacial score (nSPS) is 12.7. The predicted octanol–water partition coefficient (Wildman–Crippen LogP) is 5.65. The highest BCUT2D eigenvalue weighted by atomic mass is 35.5. The van der Waals surface area contributed by atoms with Crippen molar-refractivity contribution in [2.45, 2.75) is 29.4 Å². The van der Waals surface area contributed by atoms with Crippen LogP contribution in [0.25, 0.3) is 12.2 Å². The molecule has 0 amide bonds. The largest absolute Gasteiger partial charge is 0.573 e. The van der Waals surface area contributed by atoms with Crippen LogP contribution in [0.5, 0.6) is 11.5 Å². The van der Waals surface area contributed by atoms with Gasteiger partial charge in [-0.15, -0.1) is 26.3 Å². The fourth-order valence-corrected chi connectivity index (χ4v) is 5.82. The Morgan fingerprint density at radius 3 is 1.40 bits per heavy atom. The minimum Gasteiger partial charge on any atom is -0.478 e. The summed E-state index contributed by atoms with van der Waals surface area (Å²) in [6.07, 6.45) is -6.76. The van der Waals surface area contributed by atoms with Gasteiger partial charge in [0.1, 0.15) is 11.5 Å². The summed E-state index contributed by atoms with van der Waals surface area (Å²) in [6, 6.07) is 3.07. The molecule has 12 nitrogen and oxygen atoms in total. The van der Waals surface area contributed by atoms with Crippen molar-refractivity contribution in [2.75, 3.05) is 34.8 Å². The Morgan fingerprint density at radius 1 is 0.750 bits per heavy atom. The number of aliphatic carboxylic acids is 1. The molecular weight excluding hydrogens is 749 g/mol. The van der Waals surface area contributed by atoms with Crippen molar-refractivity contribution in [2.24, 2.45) is 0 Å². The van der Waals surface area contributed by atoms with Crippen molar-refractivity contribution in [1.29, 1.82) is 0 Å². The number of halogens is 8. The molecule has 2 aromatic rings. The van der Waals surface area contributed by atoms with E-state index in [0.717, 1.165) is 45.0 Å². The summed E-state index contributed by atoms with van der Waals surface area (Å²) in [7, 11) is -3.23. The maximum atomic E-state index is 12.4. The standard InChI is InChI=1S/C14H15ClF3NO5S.C12H11ClF3NO5S/c1-4-23-13(20)6-5-9-7-11(24-14(16,17)18)10(15)8-12(9)25(21,22)19(2)3;1-17(2)23(20,21)10-6-8(13)9(22-12(14,15)16)5-7(10)3-4-11(18)19/h5-8H,4H2,1-3H3;3-6H,1-2H3,(H,18,19)/b6-5+;4-3+. The zero-order chi connectivity index (χ0) is 37.4. The van der Waals surface area contributed by atoms with Crippen LogP contribution in [-0.2, 0) is 34.4 Å². The SMILES string of the molecule is CCOC(=O)/C=C/c1cc(OC(F)(F)F)c(Cl)cc1S(=O)(=O)N(C)C.CN(C)S(=O)(=O)c1cc(Cl)c(OC(F)(F)F)cc1/C=C/C(=O)O. The molecule has 0 saturated heterocycles. The highest BCUT2D eigenvalue weighted by Crippen LogP contribution is 2.37. The fraction of sp³-hybridized carbons (Fsp3) is 0.308. The van der Waals surface area contributed by atoms with Crippen LogP contribution >= 0.6 is 23.2 Å². The van der Waals surface area contributed by atoms with Crippen LogP contribution < -0.4 is 9.47 Å². The molecule has 2 rings (SSSR count). The van der Waals surface area contributed by atoms with Crippen LogP contribution in [0.1, 0.15) is 18.1 Å². The highest BCUT2D eigenvalue weighted by Gasteiger charge is 2.34. The van der Waals surface area contributed by atoms with Crippen LogP contribution in [0.2, 0.25) is 10.0 Å². The number of nitrogens with zero attached hydrogens (tertiary/aromatic N) is 2. The van der Waals surface area contributed by atoms with E-state index in [0.29, 0.717) is 12.1 Å². The number of carboxylic acids is 1. The average molecular weight is 776 g/mol. The van der Waals surface area contributed by atoms with Crippen molar-refractivity contribution < 1.29 is 72.1 Å². The Kier molecular flexibility index (Phi) is 14.8. The van der Waals surface area contributed by atoms with Crippen molar-refractivity contribution in [3.8, 4) is 11.5 Å². The van der Waals surface area contributed by atoms with Gasteiger partial charge in [-0.2, -0.15) is 0 Å². The van der Waals surface area contributed by atoms with E-state index in [9.17, 15) is 52.8 Å². The summed E-state index contributed by atoms with van der Waals surface area (Å²) < 4.78 is 137. The van der Waals surface area contributed by atoms with Gasteiger partial charge in [0.25, 0.3) is 0 Å². The number of hydrogen-bond donors (Lipinski definition) is 1. The van der Waals surface area contributed by atoms with E-state index in [1.54, 1.807) is 6.92 Å². The number of esters is 1. The van der Waals surface area contributed by atoms with Crippen molar-refractivity contribution in [3.63, 3.8) is 0 Å². The predicted molar refractivity (Wildman–Crippen MR) is 160 cm³/mol. The lowest BCUT2D eigenvalue weighted by Crippen LogP contribution is -2.23. The summed E-state index contributed by atoms with van der Waals surface area (Å²) in [5, 5.41) is 7.47. The van der Waals surface area contributed by atoms with E-state index in [1.807, 2.05) is 0 Å². The van der Waals surface area contributed by atoms with Gasteiger partial charge in [-0.05, 0) is 54.5 Å². The smallest absolute Gasteiger partial charge is 0.478 e. The Labute approximate surface area is 280 Å². The molecule has 48 heavy (non-hydrogen) atoms. The number of carbonyl (C=O) groups excluding carboxylic acids is 1. The van der Waals surface area contributed by atoms with E-state index in [-0.39, 0.29) is 17.7 Å². The molecule has 0 aliphatic rings. The quantitative estimate of drug-likeness (QED) is 0.172. The van der Waals surface area contributed by atoms with Crippen LogP contribution in [0.15, 0.2) is 46.2 Å². The summed E-state index contributed by atoms with van der Waals surface area (Å²) in [6.45, 7) is 1.64. The third kappa shape index (κ3) is 12.8. The van der Waals surface area contributed by atoms with Crippen LogP contribution in [0.3, 0.4) is 0 Å². The van der Waals surface area contributed by atoms with Gasteiger partial charge < -0.3 is 19.3 Å². The van der Waals surface area contributed by atoms with Crippen LogP contribution in [0, 0.1) is 0 Å². The molecule has 0 bridgehead atoms. The van der Waals surface area contributed by atoms with E-state index in [1.165, 1.54) is 28.2 Å².